The highest BCUT2D eigenvalue weighted by Gasteiger charge is 2.18. The number of aromatic nitrogens is 5. The minimum absolute atomic E-state index is 0.144. The van der Waals surface area contributed by atoms with Crippen molar-refractivity contribution in [3.63, 3.8) is 0 Å². The number of pyridine rings is 1. The molecule has 0 N–H and O–H groups in total. The first-order valence-corrected chi connectivity index (χ1v) is 8.63. The van der Waals surface area contributed by atoms with Gasteiger partial charge in [-0.25, -0.2) is 19.3 Å². The topological polar surface area (TPSA) is 82.7 Å². The fourth-order valence-electron chi connectivity index (χ4n) is 2.77. The molecule has 2 aromatic rings. The highest BCUT2D eigenvalue weighted by molar-refractivity contribution is 6.30. The van der Waals surface area contributed by atoms with Gasteiger partial charge in [0.25, 0.3) is 5.56 Å². The van der Waals surface area contributed by atoms with Gasteiger partial charge in [-0.05, 0) is 41.9 Å². The van der Waals surface area contributed by atoms with Crippen LogP contribution in [0.5, 0.6) is 0 Å². The Morgan fingerprint density at radius 2 is 1.78 bits per heavy atom. The molecule has 1 aromatic heterocycles. The van der Waals surface area contributed by atoms with E-state index in [9.17, 15) is 9.59 Å². The first-order valence-electron chi connectivity index (χ1n) is 7.87. The van der Waals surface area contributed by atoms with E-state index in [2.05, 4.69) is 15.0 Å². The summed E-state index contributed by atoms with van der Waals surface area (Å²) in [7, 11) is 0. The summed E-state index contributed by atoms with van der Waals surface area (Å²) in [5.74, 6) is 0.278. The number of rotatable bonds is 3. The molecule has 0 spiro atoms. The van der Waals surface area contributed by atoms with E-state index in [-0.39, 0.29) is 11.1 Å². The molecule has 9 heteroatoms. The van der Waals surface area contributed by atoms with E-state index in [0.29, 0.717) is 22.8 Å². The van der Waals surface area contributed by atoms with Crippen LogP contribution in [0.2, 0.25) is 10.3 Å². The van der Waals surface area contributed by atoms with Crippen molar-refractivity contribution in [3.05, 3.63) is 91.7 Å². The summed E-state index contributed by atoms with van der Waals surface area (Å²) >= 11 is 11.7. The zero-order chi connectivity index (χ0) is 19.0. The van der Waals surface area contributed by atoms with E-state index in [0.717, 1.165) is 10.1 Å². The molecule has 4 rings (SSSR count). The highest BCUT2D eigenvalue weighted by atomic mass is 35.5. The van der Waals surface area contributed by atoms with Gasteiger partial charge in [0.15, 0.2) is 5.82 Å². The third kappa shape index (κ3) is 3.34. The Balaban J connectivity index is 1.87. The van der Waals surface area contributed by atoms with Crippen molar-refractivity contribution in [3.8, 4) is 17.1 Å². The molecule has 0 amide bonds. The van der Waals surface area contributed by atoms with Gasteiger partial charge < -0.3 is 4.57 Å². The second-order valence-electron chi connectivity index (χ2n) is 5.75. The van der Waals surface area contributed by atoms with Gasteiger partial charge in [-0.1, -0.05) is 17.7 Å². The van der Waals surface area contributed by atoms with Gasteiger partial charge in [-0.2, -0.15) is 4.98 Å². The molecule has 134 valence electrons. The second-order valence-corrected chi connectivity index (χ2v) is 6.52. The van der Waals surface area contributed by atoms with Crippen LogP contribution in [-0.4, -0.2) is 24.1 Å². The second kappa shape index (κ2) is 6.94. The molecule has 0 radical (unpaired) electrons. The van der Waals surface area contributed by atoms with E-state index in [1.807, 2.05) is 0 Å². The van der Waals surface area contributed by atoms with Gasteiger partial charge in [0.05, 0.1) is 17.8 Å². The van der Waals surface area contributed by atoms with E-state index < -0.39 is 11.2 Å². The maximum absolute atomic E-state index is 12.9. The van der Waals surface area contributed by atoms with Crippen molar-refractivity contribution < 1.29 is 0 Å². The van der Waals surface area contributed by atoms with Crippen molar-refractivity contribution in [2.75, 3.05) is 0 Å². The van der Waals surface area contributed by atoms with Crippen LogP contribution in [0.25, 0.3) is 17.1 Å². The molecule has 0 atom stereocenters. The van der Waals surface area contributed by atoms with Crippen molar-refractivity contribution in [2.24, 2.45) is 0 Å². The molecule has 0 fully saturated rings. The minimum atomic E-state index is -0.679. The van der Waals surface area contributed by atoms with Gasteiger partial charge >= 0.3 is 5.69 Å². The van der Waals surface area contributed by atoms with Crippen molar-refractivity contribution in [2.45, 2.75) is 6.54 Å². The maximum atomic E-state index is 12.9. The monoisotopic (exact) mass is 399 g/mol. The van der Waals surface area contributed by atoms with Gasteiger partial charge in [0.1, 0.15) is 0 Å². The fraction of sp³-hybridized carbons (Fsp3) is 0.0556. The molecule has 0 bridgehead atoms. The molecule has 2 aliphatic rings. The average Bonchev–Trinajstić information content (AvgIpc) is 2.64. The Kier molecular flexibility index (Phi) is 4.47. The van der Waals surface area contributed by atoms with E-state index in [1.165, 1.54) is 0 Å². The number of benzene rings is 1. The summed E-state index contributed by atoms with van der Waals surface area (Å²) in [4.78, 5) is 37.5. The molecule has 0 unspecified atom stereocenters. The van der Waals surface area contributed by atoms with Crippen molar-refractivity contribution >= 4 is 23.2 Å². The zero-order valence-electron chi connectivity index (χ0n) is 13.7. The van der Waals surface area contributed by atoms with E-state index >= 15 is 0 Å². The maximum Gasteiger partial charge on any atom is 0.357 e. The molecule has 1 aromatic carbocycles. The normalized spacial score (nSPS) is 11.0. The summed E-state index contributed by atoms with van der Waals surface area (Å²) in [5, 5.41) is 0.566. The Bertz CT molecular complexity index is 1220. The summed E-state index contributed by atoms with van der Waals surface area (Å²) < 4.78 is 2.69. The smallest absolute Gasteiger partial charge is 0.328 e. The molecule has 27 heavy (non-hydrogen) atoms. The zero-order valence-corrected chi connectivity index (χ0v) is 15.2. The molecule has 7 nitrogen and oxygen atoms in total. The highest BCUT2D eigenvalue weighted by Crippen LogP contribution is 2.17. The third-order valence-electron chi connectivity index (χ3n) is 3.96. The predicted molar refractivity (Wildman–Crippen MR) is 102 cm³/mol. The van der Waals surface area contributed by atoms with Crippen LogP contribution in [0.15, 0.2) is 64.6 Å². The summed E-state index contributed by atoms with van der Waals surface area (Å²) in [6.07, 6.45) is 4.88. The Hall–Kier alpha value is -3.03. The number of hydrogen-bond acceptors (Lipinski definition) is 5. The van der Waals surface area contributed by atoms with Crippen LogP contribution >= 0.6 is 23.2 Å². The van der Waals surface area contributed by atoms with E-state index in [1.54, 1.807) is 59.6 Å². The van der Waals surface area contributed by atoms with E-state index in [4.69, 9.17) is 23.2 Å². The molecular weight excluding hydrogens is 389 g/mol. The lowest BCUT2D eigenvalue weighted by molar-refractivity contribution is 0.747. The third-order valence-corrected chi connectivity index (χ3v) is 4.39. The van der Waals surface area contributed by atoms with Crippen LogP contribution in [0.4, 0.5) is 0 Å². The van der Waals surface area contributed by atoms with Crippen LogP contribution in [0, 0.1) is 0 Å². The van der Waals surface area contributed by atoms with Gasteiger partial charge in [0.2, 0.25) is 5.28 Å². The molecule has 0 aliphatic carbocycles. The van der Waals surface area contributed by atoms with Crippen molar-refractivity contribution in [1.29, 1.82) is 0 Å². The number of fused-ring (bicyclic) bond motifs is 1. The van der Waals surface area contributed by atoms with Gasteiger partial charge in [-0.15, -0.1) is 0 Å². The predicted octanol–water partition coefficient (Wildman–Crippen LogP) is 2.64. The molecule has 0 saturated carbocycles. The van der Waals surface area contributed by atoms with Crippen LogP contribution in [-0.2, 0) is 6.54 Å². The standard InChI is InChI=1S/C18H11Cl2N5O2/c19-12-3-1-4-13(7-12)25-16(26)14-5-2-6-24(15(14)23-18(25)27)10-11-8-21-17(20)22-9-11/h1-9H,10H2. The number of nitrogens with zero attached hydrogens (tertiary/aromatic N) is 5. The first kappa shape index (κ1) is 17.4. The lowest BCUT2D eigenvalue weighted by Crippen LogP contribution is -2.36. The molecule has 2 aliphatic heterocycles. The largest absolute Gasteiger partial charge is 0.357 e. The fourth-order valence-corrected chi connectivity index (χ4v) is 3.05. The molecule has 3 heterocycles. The van der Waals surface area contributed by atoms with Gasteiger partial charge in [-0.3, -0.25) is 4.79 Å². The molecule has 0 saturated heterocycles. The first-order chi connectivity index (χ1) is 13.0. The lowest BCUT2D eigenvalue weighted by Gasteiger charge is -2.15. The average molecular weight is 400 g/mol. The number of hydrogen-bond donors (Lipinski definition) is 0. The van der Waals surface area contributed by atoms with Crippen LogP contribution < -0.4 is 11.2 Å². The van der Waals surface area contributed by atoms with Crippen molar-refractivity contribution in [1.82, 2.24) is 24.1 Å². The Morgan fingerprint density at radius 3 is 2.52 bits per heavy atom. The molecular formula is C18H11Cl2N5O2. The number of halogens is 2. The van der Waals surface area contributed by atoms with Gasteiger partial charge in [0, 0.05) is 29.2 Å². The van der Waals surface area contributed by atoms with Crippen LogP contribution in [0.3, 0.4) is 0 Å². The van der Waals surface area contributed by atoms with Crippen LogP contribution in [0.1, 0.15) is 5.56 Å². The summed E-state index contributed by atoms with van der Waals surface area (Å²) in [6.45, 7) is 0.335. The SMILES string of the molecule is O=c1nc2n(Cc3cnc(Cl)nc3)cccc-2c(=O)n1-c1cccc(Cl)c1. The lowest BCUT2D eigenvalue weighted by atomic mass is 10.2. The minimum Gasteiger partial charge on any atom is -0.328 e. The Morgan fingerprint density at radius 1 is 1.00 bits per heavy atom. The summed E-state index contributed by atoms with van der Waals surface area (Å²) in [5.41, 5.74) is 0.293. The Labute approximate surface area is 162 Å². The summed E-state index contributed by atoms with van der Waals surface area (Å²) in [6, 6.07) is 9.84. The quantitative estimate of drug-likeness (QED) is 0.494.